The van der Waals surface area contributed by atoms with Crippen LogP contribution in [0.25, 0.3) is 0 Å². The third-order valence-corrected chi connectivity index (χ3v) is 3.44. The summed E-state index contributed by atoms with van der Waals surface area (Å²) >= 11 is 0. The zero-order valence-corrected chi connectivity index (χ0v) is 12.1. The smallest absolute Gasteiger partial charge is 0.0927 e. The summed E-state index contributed by atoms with van der Waals surface area (Å²) in [6, 6.07) is 10.3. The molecule has 2 aromatic rings. The van der Waals surface area contributed by atoms with E-state index in [4.69, 9.17) is 0 Å². The molecule has 1 aromatic heterocycles. The molecule has 1 atom stereocenters. The van der Waals surface area contributed by atoms with Crippen LogP contribution in [0.4, 0.5) is 0 Å². The molecule has 0 amide bonds. The first-order valence-electron chi connectivity index (χ1n) is 6.72. The fourth-order valence-corrected chi connectivity index (χ4v) is 2.38. The Morgan fingerprint density at radius 2 is 1.95 bits per heavy atom. The Kier molecular flexibility index (Phi) is 3.76. The lowest BCUT2D eigenvalue weighted by molar-refractivity contribution is 0.0557. The minimum Gasteiger partial charge on any atom is -0.385 e. The Hall–Kier alpha value is -1.61. The molecule has 0 spiro atoms. The van der Waals surface area contributed by atoms with Gasteiger partial charge in [0.05, 0.1) is 11.3 Å². The molecule has 3 nitrogen and oxygen atoms in total. The first kappa shape index (κ1) is 13.8. The Labute approximate surface area is 114 Å². The van der Waals surface area contributed by atoms with Gasteiger partial charge in [-0.2, -0.15) is 5.10 Å². The molecule has 0 aliphatic rings. The summed E-state index contributed by atoms with van der Waals surface area (Å²) in [5, 5.41) is 15.2. The second kappa shape index (κ2) is 5.17. The zero-order valence-electron chi connectivity index (χ0n) is 12.1. The highest BCUT2D eigenvalue weighted by Gasteiger charge is 2.26. The molecule has 0 fully saturated rings. The van der Waals surface area contributed by atoms with Crippen LogP contribution in [0, 0.1) is 6.92 Å². The highest BCUT2D eigenvalue weighted by Crippen LogP contribution is 2.27. The highest BCUT2D eigenvalue weighted by atomic mass is 16.3. The van der Waals surface area contributed by atoms with E-state index in [2.05, 4.69) is 18.9 Å². The van der Waals surface area contributed by atoms with E-state index in [-0.39, 0.29) is 0 Å². The van der Waals surface area contributed by atoms with Gasteiger partial charge in [-0.15, -0.1) is 0 Å². The second-order valence-corrected chi connectivity index (χ2v) is 5.65. The minimum absolute atomic E-state index is 0.345. The van der Waals surface area contributed by atoms with E-state index in [0.717, 1.165) is 16.8 Å². The molecule has 19 heavy (non-hydrogen) atoms. The minimum atomic E-state index is -0.887. The zero-order chi connectivity index (χ0) is 14.0. The fourth-order valence-electron chi connectivity index (χ4n) is 2.38. The van der Waals surface area contributed by atoms with Crippen LogP contribution in [-0.2, 0) is 12.0 Å². The van der Waals surface area contributed by atoms with E-state index in [9.17, 15) is 5.11 Å². The van der Waals surface area contributed by atoms with Gasteiger partial charge >= 0.3 is 0 Å². The molecule has 1 aromatic carbocycles. The maximum absolute atomic E-state index is 10.7. The summed E-state index contributed by atoms with van der Waals surface area (Å²) in [5.74, 6) is 0. The molecule has 102 valence electrons. The second-order valence-electron chi connectivity index (χ2n) is 5.65. The van der Waals surface area contributed by atoms with Gasteiger partial charge < -0.3 is 5.11 Å². The molecule has 0 saturated heterocycles. The number of aryl methyl sites for hydroxylation is 1. The standard InChI is InChI=1S/C16H22N2O/c1-12(2)18-10-9-14(17-18)11-16(4,19)15-8-6-5-7-13(15)3/h5-10,12,19H,11H2,1-4H3. The lowest BCUT2D eigenvalue weighted by Crippen LogP contribution is -2.25. The number of hydrogen-bond acceptors (Lipinski definition) is 2. The lowest BCUT2D eigenvalue weighted by Gasteiger charge is -2.24. The highest BCUT2D eigenvalue weighted by molar-refractivity contribution is 5.31. The molecule has 1 unspecified atom stereocenters. The van der Waals surface area contributed by atoms with Crippen molar-refractivity contribution in [1.82, 2.24) is 9.78 Å². The van der Waals surface area contributed by atoms with E-state index >= 15 is 0 Å². The molecule has 1 N–H and O–H groups in total. The SMILES string of the molecule is Cc1ccccc1C(C)(O)Cc1ccn(C(C)C)n1. The molecule has 0 bridgehead atoms. The Morgan fingerprint density at radius 3 is 2.53 bits per heavy atom. The number of nitrogens with zero attached hydrogens (tertiary/aromatic N) is 2. The van der Waals surface area contributed by atoms with Crippen LogP contribution in [0.1, 0.15) is 43.6 Å². The topological polar surface area (TPSA) is 38.0 Å². The third-order valence-electron chi connectivity index (χ3n) is 3.44. The molecule has 0 aliphatic carbocycles. The van der Waals surface area contributed by atoms with Crippen LogP contribution in [0.15, 0.2) is 36.5 Å². The predicted molar refractivity (Wildman–Crippen MR) is 77.1 cm³/mol. The fraction of sp³-hybridized carbons (Fsp3) is 0.438. The van der Waals surface area contributed by atoms with Crippen LogP contribution in [-0.4, -0.2) is 14.9 Å². The Bertz CT molecular complexity index is 555. The molecule has 0 saturated carbocycles. The normalized spacial score (nSPS) is 14.6. The molecule has 2 rings (SSSR count). The maximum atomic E-state index is 10.7. The van der Waals surface area contributed by atoms with Crippen LogP contribution < -0.4 is 0 Å². The van der Waals surface area contributed by atoms with Crippen LogP contribution >= 0.6 is 0 Å². The van der Waals surface area contributed by atoms with Gasteiger partial charge in [0.2, 0.25) is 0 Å². The van der Waals surface area contributed by atoms with Gasteiger partial charge in [-0.1, -0.05) is 24.3 Å². The van der Waals surface area contributed by atoms with E-state index in [1.165, 1.54) is 0 Å². The third kappa shape index (κ3) is 3.04. The van der Waals surface area contributed by atoms with Gasteiger partial charge in [0, 0.05) is 18.7 Å². The van der Waals surface area contributed by atoms with Gasteiger partial charge in [-0.25, -0.2) is 0 Å². The van der Waals surface area contributed by atoms with Crippen molar-refractivity contribution >= 4 is 0 Å². The van der Waals surface area contributed by atoms with Gasteiger partial charge in [0.25, 0.3) is 0 Å². The van der Waals surface area contributed by atoms with E-state index in [0.29, 0.717) is 12.5 Å². The Balaban J connectivity index is 2.23. The molecule has 3 heteroatoms. The monoisotopic (exact) mass is 258 g/mol. The number of aromatic nitrogens is 2. The summed E-state index contributed by atoms with van der Waals surface area (Å²) < 4.78 is 1.92. The number of aliphatic hydroxyl groups is 1. The summed E-state index contributed by atoms with van der Waals surface area (Å²) in [6.45, 7) is 8.06. The number of rotatable bonds is 4. The molecular weight excluding hydrogens is 236 g/mol. The summed E-state index contributed by atoms with van der Waals surface area (Å²) in [6.07, 6.45) is 2.49. The van der Waals surface area contributed by atoms with Crippen molar-refractivity contribution < 1.29 is 5.11 Å². The van der Waals surface area contributed by atoms with Gasteiger partial charge in [-0.05, 0) is 44.9 Å². The predicted octanol–water partition coefficient (Wildman–Crippen LogP) is 3.22. The summed E-state index contributed by atoms with van der Waals surface area (Å²) in [7, 11) is 0. The molecular formula is C16H22N2O. The van der Waals surface area contributed by atoms with E-state index in [1.807, 2.05) is 55.1 Å². The van der Waals surface area contributed by atoms with Gasteiger partial charge in [0.15, 0.2) is 0 Å². The molecule has 0 radical (unpaired) electrons. The van der Waals surface area contributed by atoms with Crippen molar-refractivity contribution in [2.75, 3.05) is 0 Å². The van der Waals surface area contributed by atoms with Crippen LogP contribution in [0.5, 0.6) is 0 Å². The van der Waals surface area contributed by atoms with Crippen molar-refractivity contribution in [2.24, 2.45) is 0 Å². The largest absolute Gasteiger partial charge is 0.385 e. The van der Waals surface area contributed by atoms with Crippen molar-refractivity contribution in [2.45, 2.75) is 45.8 Å². The van der Waals surface area contributed by atoms with E-state index < -0.39 is 5.60 Å². The number of benzene rings is 1. The van der Waals surface area contributed by atoms with Gasteiger partial charge in [0.1, 0.15) is 0 Å². The van der Waals surface area contributed by atoms with Crippen molar-refractivity contribution in [3.8, 4) is 0 Å². The maximum Gasteiger partial charge on any atom is 0.0927 e. The Morgan fingerprint density at radius 1 is 1.26 bits per heavy atom. The lowest BCUT2D eigenvalue weighted by atomic mass is 9.88. The first-order valence-corrected chi connectivity index (χ1v) is 6.72. The summed E-state index contributed by atoms with van der Waals surface area (Å²) in [4.78, 5) is 0. The van der Waals surface area contributed by atoms with E-state index in [1.54, 1.807) is 0 Å². The number of hydrogen-bond donors (Lipinski definition) is 1. The molecule has 0 aliphatic heterocycles. The summed E-state index contributed by atoms with van der Waals surface area (Å²) in [5.41, 5.74) is 2.11. The quantitative estimate of drug-likeness (QED) is 0.914. The average molecular weight is 258 g/mol. The van der Waals surface area contributed by atoms with Crippen molar-refractivity contribution in [3.63, 3.8) is 0 Å². The van der Waals surface area contributed by atoms with Crippen LogP contribution in [0.2, 0.25) is 0 Å². The van der Waals surface area contributed by atoms with Crippen molar-refractivity contribution in [3.05, 3.63) is 53.3 Å². The van der Waals surface area contributed by atoms with Crippen LogP contribution in [0.3, 0.4) is 0 Å². The van der Waals surface area contributed by atoms with Gasteiger partial charge in [-0.3, -0.25) is 4.68 Å². The first-order chi connectivity index (χ1) is 8.90. The average Bonchev–Trinajstić information content (AvgIpc) is 2.77. The van der Waals surface area contributed by atoms with Crippen molar-refractivity contribution in [1.29, 1.82) is 0 Å². The molecule has 1 heterocycles.